The van der Waals surface area contributed by atoms with Crippen molar-refractivity contribution in [1.82, 2.24) is 19.4 Å². The molecule has 0 aliphatic heterocycles. The van der Waals surface area contributed by atoms with Crippen LogP contribution in [-0.4, -0.2) is 33.4 Å². The van der Waals surface area contributed by atoms with E-state index in [0.29, 0.717) is 5.95 Å². The second-order valence-corrected chi connectivity index (χ2v) is 4.27. The lowest BCUT2D eigenvalue weighted by Crippen LogP contribution is -2.12. The largest absolute Gasteiger partial charge is 0.347 e. The highest BCUT2D eigenvalue weighted by atomic mass is 15.2. The van der Waals surface area contributed by atoms with Gasteiger partial charge in [0, 0.05) is 50.6 Å². The minimum atomic E-state index is 0.709. The van der Waals surface area contributed by atoms with E-state index in [9.17, 15) is 0 Å². The van der Waals surface area contributed by atoms with Crippen LogP contribution in [0.25, 0.3) is 16.8 Å². The van der Waals surface area contributed by atoms with Crippen LogP contribution in [-0.2, 0) is 0 Å². The first kappa shape index (κ1) is 10.7. The first-order valence-electron chi connectivity index (χ1n) is 5.66. The Morgan fingerprint density at radius 2 is 1.78 bits per heavy atom. The van der Waals surface area contributed by atoms with Crippen molar-refractivity contribution in [2.45, 2.75) is 0 Å². The monoisotopic (exact) mass is 239 g/mol. The zero-order chi connectivity index (χ0) is 12.5. The van der Waals surface area contributed by atoms with Crippen molar-refractivity contribution in [3.8, 4) is 11.1 Å². The predicted molar refractivity (Wildman–Crippen MR) is 70.5 cm³/mol. The van der Waals surface area contributed by atoms with Crippen molar-refractivity contribution in [2.75, 3.05) is 19.0 Å². The van der Waals surface area contributed by atoms with Gasteiger partial charge in [0.25, 0.3) is 0 Å². The molecule has 0 spiro atoms. The molecule has 0 amide bonds. The summed E-state index contributed by atoms with van der Waals surface area (Å²) in [5, 5.41) is 0. The molecule has 18 heavy (non-hydrogen) atoms. The molecule has 0 radical (unpaired) electrons. The fraction of sp³-hybridized carbons (Fsp3) is 0.154. The van der Waals surface area contributed by atoms with E-state index < -0.39 is 0 Å². The highest BCUT2D eigenvalue weighted by Gasteiger charge is 2.03. The maximum absolute atomic E-state index is 4.31. The normalized spacial score (nSPS) is 10.8. The molecule has 0 N–H and O–H groups in total. The minimum Gasteiger partial charge on any atom is -0.347 e. The van der Waals surface area contributed by atoms with E-state index in [1.54, 1.807) is 6.20 Å². The number of hydrogen-bond donors (Lipinski definition) is 0. The number of fused-ring (bicyclic) bond motifs is 1. The van der Waals surface area contributed by atoms with E-state index >= 15 is 0 Å². The summed E-state index contributed by atoms with van der Waals surface area (Å²) in [5.41, 5.74) is 2.98. The Hall–Kier alpha value is -2.43. The molecule has 0 aliphatic carbocycles. The molecular weight excluding hydrogens is 226 g/mol. The number of imidazole rings is 1. The number of anilines is 1. The van der Waals surface area contributed by atoms with Crippen LogP contribution in [0.4, 0.5) is 5.95 Å². The van der Waals surface area contributed by atoms with Gasteiger partial charge in [0.2, 0.25) is 5.95 Å². The zero-order valence-corrected chi connectivity index (χ0v) is 10.3. The molecule has 3 rings (SSSR count). The average molecular weight is 239 g/mol. The fourth-order valence-corrected chi connectivity index (χ4v) is 1.79. The van der Waals surface area contributed by atoms with Crippen molar-refractivity contribution in [3.05, 3.63) is 43.1 Å². The number of hydrogen-bond acceptors (Lipinski definition) is 4. The van der Waals surface area contributed by atoms with Crippen LogP contribution in [0.1, 0.15) is 0 Å². The zero-order valence-electron chi connectivity index (χ0n) is 10.3. The third kappa shape index (κ3) is 1.79. The molecule has 5 nitrogen and oxygen atoms in total. The molecule has 0 aliphatic rings. The molecule has 0 unspecified atom stereocenters. The van der Waals surface area contributed by atoms with E-state index in [2.05, 4.69) is 15.0 Å². The first-order chi connectivity index (χ1) is 8.74. The van der Waals surface area contributed by atoms with Crippen LogP contribution in [0.2, 0.25) is 0 Å². The molecule has 0 saturated heterocycles. The SMILES string of the molecule is CN(C)c1ncc(-c2ccn3ccnc3c2)cn1. The highest BCUT2D eigenvalue weighted by Crippen LogP contribution is 2.19. The van der Waals surface area contributed by atoms with E-state index in [-0.39, 0.29) is 0 Å². The Morgan fingerprint density at radius 1 is 1.00 bits per heavy atom. The summed E-state index contributed by atoms with van der Waals surface area (Å²) in [6, 6.07) is 4.05. The smallest absolute Gasteiger partial charge is 0.224 e. The lowest BCUT2D eigenvalue weighted by atomic mass is 10.1. The van der Waals surface area contributed by atoms with Crippen LogP contribution in [0.15, 0.2) is 43.1 Å². The molecule has 0 aromatic carbocycles. The summed E-state index contributed by atoms with van der Waals surface area (Å²) < 4.78 is 1.97. The van der Waals surface area contributed by atoms with Gasteiger partial charge in [0.05, 0.1) is 0 Å². The molecular formula is C13H13N5. The minimum absolute atomic E-state index is 0.709. The van der Waals surface area contributed by atoms with Crippen molar-refractivity contribution in [1.29, 1.82) is 0 Å². The van der Waals surface area contributed by atoms with Gasteiger partial charge in [-0.15, -0.1) is 0 Å². The van der Waals surface area contributed by atoms with Gasteiger partial charge in [-0.2, -0.15) is 0 Å². The number of rotatable bonds is 2. The van der Waals surface area contributed by atoms with Gasteiger partial charge in [-0.25, -0.2) is 15.0 Å². The highest BCUT2D eigenvalue weighted by molar-refractivity contribution is 5.66. The summed E-state index contributed by atoms with van der Waals surface area (Å²) in [6.45, 7) is 0. The van der Waals surface area contributed by atoms with E-state index in [1.807, 2.05) is 60.3 Å². The first-order valence-corrected chi connectivity index (χ1v) is 5.66. The van der Waals surface area contributed by atoms with Crippen molar-refractivity contribution >= 4 is 11.6 Å². The van der Waals surface area contributed by atoms with Crippen molar-refractivity contribution in [3.63, 3.8) is 0 Å². The fourth-order valence-electron chi connectivity index (χ4n) is 1.79. The van der Waals surface area contributed by atoms with Gasteiger partial charge in [-0.3, -0.25) is 0 Å². The van der Waals surface area contributed by atoms with E-state index in [1.165, 1.54) is 0 Å². The predicted octanol–water partition coefficient (Wildman–Crippen LogP) is 1.86. The molecule has 0 saturated carbocycles. The summed E-state index contributed by atoms with van der Waals surface area (Å²) in [6.07, 6.45) is 9.35. The molecule has 3 aromatic rings. The number of nitrogens with zero attached hydrogens (tertiary/aromatic N) is 5. The Bertz CT molecular complexity index is 669. The van der Waals surface area contributed by atoms with Gasteiger partial charge in [0.1, 0.15) is 5.65 Å². The average Bonchev–Trinajstić information content (AvgIpc) is 2.86. The molecule has 90 valence electrons. The van der Waals surface area contributed by atoms with E-state index in [0.717, 1.165) is 16.8 Å². The third-order valence-corrected chi connectivity index (χ3v) is 2.77. The van der Waals surface area contributed by atoms with Crippen LogP contribution in [0, 0.1) is 0 Å². The molecule has 3 aromatic heterocycles. The summed E-state index contributed by atoms with van der Waals surface area (Å²) in [4.78, 5) is 14.8. The number of aromatic nitrogens is 4. The van der Waals surface area contributed by atoms with E-state index in [4.69, 9.17) is 0 Å². The Morgan fingerprint density at radius 3 is 2.50 bits per heavy atom. The molecule has 5 heteroatoms. The van der Waals surface area contributed by atoms with Crippen molar-refractivity contribution < 1.29 is 0 Å². The molecule has 0 atom stereocenters. The quantitative estimate of drug-likeness (QED) is 0.684. The Kier molecular flexibility index (Phi) is 2.44. The van der Waals surface area contributed by atoms with Crippen molar-refractivity contribution in [2.24, 2.45) is 0 Å². The van der Waals surface area contributed by atoms with Crippen LogP contribution in [0.3, 0.4) is 0 Å². The van der Waals surface area contributed by atoms with Gasteiger partial charge < -0.3 is 9.30 Å². The second-order valence-electron chi connectivity index (χ2n) is 4.27. The lowest BCUT2D eigenvalue weighted by molar-refractivity contribution is 1.000. The molecule has 0 bridgehead atoms. The number of pyridine rings is 1. The standard InChI is InChI=1S/C13H13N5/c1-17(2)13-15-8-11(9-16-13)10-3-5-18-6-4-14-12(18)7-10/h3-9H,1-2H3. The van der Waals surface area contributed by atoms with Gasteiger partial charge in [-0.1, -0.05) is 0 Å². The van der Waals surface area contributed by atoms with Crippen LogP contribution < -0.4 is 4.90 Å². The van der Waals surface area contributed by atoms with Gasteiger partial charge >= 0.3 is 0 Å². The second kappa shape index (κ2) is 4.10. The third-order valence-electron chi connectivity index (χ3n) is 2.77. The molecule has 0 fully saturated rings. The van der Waals surface area contributed by atoms with Crippen LogP contribution >= 0.6 is 0 Å². The Balaban J connectivity index is 2.02. The Labute approximate surface area is 105 Å². The summed E-state index contributed by atoms with van der Waals surface area (Å²) in [5.74, 6) is 0.709. The van der Waals surface area contributed by atoms with Gasteiger partial charge in [-0.05, 0) is 17.7 Å². The topological polar surface area (TPSA) is 46.3 Å². The summed E-state index contributed by atoms with van der Waals surface area (Å²) >= 11 is 0. The maximum atomic E-state index is 4.31. The maximum Gasteiger partial charge on any atom is 0.224 e. The van der Waals surface area contributed by atoms with Crippen LogP contribution in [0.5, 0.6) is 0 Å². The summed E-state index contributed by atoms with van der Waals surface area (Å²) in [7, 11) is 3.84. The molecule has 3 heterocycles. The van der Waals surface area contributed by atoms with Gasteiger partial charge in [0.15, 0.2) is 0 Å². The lowest BCUT2D eigenvalue weighted by Gasteiger charge is -2.09.